The third kappa shape index (κ3) is 2.77. The lowest BCUT2D eigenvalue weighted by atomic mass is 10.2. The lowest BCUT2D eigenvalue weighted by molar-refractivity contribution is 0.806. The maximum absolute atomic E-state index is 5.65. The molecule has 1 heteroatoms. The Morgan fingerprint density at radius 3 is 2.58 bits per heavy atom. The molecule has 0 saturated carbocycles. The zero-order valence-electron chi connectivity index (χ0n) is 7.25. The van der Waals surface area contributed by atoms with Crippen LogP contribution in [0.25, 0.3) is 0 Å². The lowest BCUT2D eigenvalue weighted by Gasteiger charge is -1.95. The molecule has 1 rings (SSSR count). The molecule has 0 heterocycles. The smallest absolute Gasteiger partial charge is 0.0665 e. The van der Waals surface area contributed by atoms with Crippen LogP contribution in [0.2, 0.25) is 0 Å². The highest BCUT2D eigenvalue weighted by molar-refractivity contribution is 5.34. The molecule has 2 N–H and O–H groups in total. The summed E-state index contributed by atoms with van der Waals surface area (Å²) in [7, 11) is 0. The maximum Gasteiger partial charge on any atom is 0.0665 e. The van der Waals surface area contributed by atoms with Gasteiger partial charge in [-0.2, -0.15) is 0 Å². The molecular formula is C11H13N. The molecule has 0 saturated heterocycles. The largest absolute Gasteiger partial charge is 0.318 e. The van der Waals surface area contributed by atoms with E-state index in [4.69, 9.17) is 5.73 Å². The van der Waals surface area contributed by atoms with Gasteiger partial charge in [0.25, 0.3) is 0 Å². The second-order valence-electron chi connectivity index (χ2n) is 2.65. The maximum atomic E-state index is 5.65. The number of hydrogen-bond acceptors (Lipinski definition) is 1. The van der Waals surface area contributed by atoms with E-state index in [2.05, 4.69) is 11.8 Å². The van der Waals surface area contributed by atoms with Crippen LogP contribution in [0, 0.1) is 11.8 Å². The minimum absolute atomic E-state index is 0.00482. The van der Waals surface area contributed by atoms with Crippen molar-refractivity contribution >= 4 is 0 Å². The van der Waals surface area contributed by atoms with Crippen molar-refractivity contribution in [3.63, 3.8) is 0 Å². The molecule has 1 nitrogen and oxygen atoms in total. The first-order valence-electron chi connectivity index (χ1n) is 4.15. The highest BCUT2D eigenvalue weighted by Gasteiger charge is 1.89. The van der Waals surface area contributed by atoms with Crippen LogP contribution in [0.3, 0.4) is 0 Å². The summed E-state index contributed by atoms with van der Waals surface area (Å²) in [5, 5.41) is 0. The van der Waals surface area contributed by atoms with Crippen LogP contribution in [0.4, 0.5) is 0 Å². The molecule has 62 valence electrons. The molecule has 0 amide bonds. The van der Waals surface area contributed by atoms with Crippen LogP contribution in [-0.2, 0) is 0 Å². The second kappa shape index (κ2) is 4.58. The Bertz CT molecular complexity index is 279. The minimum Gasteiger partial charge on any atom is -0.318 e. The van der Waals surface area contributed by atoms with Gasteiger partial charge in [-0.15, -0.1) is 0 Å². The van der Waals surface area contributed by atoms with Crippen LogP contribution in [0.1, 0.15) is 18.9 Å². The first-order chi connectivity index (χ1) is 5.83. The summed E-state index contributed by atoms with van der Waals surface area (Å²) in [6.07, 6.45) is 0.903. The Labute approximate surface area is 73.6 Å². The molecule has 1 atom stereocenters. The third-order valence-corrected chi connectivity index (χ3v) is 1.62. The Hall–Kier alpha value is -1.26. The fourth-order valence-corrected chi connectivity index (χ4v) is 0.800. The predicted molar refractivity (Wildman–Crippen MR) is 51.6 cm³/mol. The zero-order valence-corrected chi connectivity index (χ0v) is 7.25. The first-order valence-corrected chi connectivity index (χ1v) is 4.15. The van der Waals surface area contributed by atoms with Gasteiger partial charge in [0.1, 0.15) is 0 Å². The number of rotatable bonds is 1. The predicted octanol–water partition coefficient (Wildman–Crippen LogP) is 1.78. The van der Waals surface area contributed by atoms with Gasteiger partial charge in [-0.3, -0.25) is 0 Å². The van der Waals surface area contributed by atoms with E-state index in [0.29, 0.717) is 0 Å². The summed E-state index contributed by atoms with van der Waals surface area (Å²) in [6, 6.07) is 9.89. The fourth-order valence-electron chi connectivity index (χ4n) is 0.800. The molecule has 0 unspecified atom stereocenters. The van der Waals surface area contributed by atoms with Gasteiger partial charge >= 0.3 is 0 Å². The summed E-state index contributed by atoms with van der Waals surface area (Å²) >= 11 is 0. The summed E-state index contributed by atoms with van der Waals surface area (Å²) in [5.74, 6) is 6.00. The van der Waals surface area contributed by atoms with E-state index < -0.39 is 0 Å². The van der Waals surface area contributed by atoms with Crippen LogP contribution >= 0.6 is 0 Å². The van der Waals surface area contributed by atoms with Crippen molar-refractivity contribution in [3.05, 3.63) is 35.9 Å². The molecule has 0 radical (unpaired) electrons. The molecule has 0 aliphatic carbocycles. The molecule has 12 heavy (non-hydrogen) atoms. The standard InChI is InChI=1S/C11H13N/c1-2-11(12)9-8-10-6-4-3-5-7-10/h3-7,11H,2,12H2,1H3/t11-/m0/s1. The highest BCUT2D eigenvalue weighted by Crippen LogP contribution is 1.95. The zero-order chi connectivity index (χ0) is 8.81. The molecule has 0 spiro atoms. The normalized spacial score (nSPS) is 11.5. The summed E-state index contributed by atoms with van der Waals surface area (Å²) in [5.41, 5.74) is 6.68. The van der Waals surface area contributed by atoms with Crippen LogP contribution in [-0.4, -0.2) is 6.04 Å². The Kier molecular flexibility index (Phi) is 3.37. The van der Waals surface area contributed by atoms with Crippen molar-refractivity contribution in [2.24, 2.45) is 5.73 Å². The van der Waals surface area contributed by atoms with E-state index in [1.165, 1.54) is 0 Å². The SMILES string of the molecule is CC[C@H](N)C#Cc1ccccc1. The Morgan fingerprint density at radius 2 is 2.00 bits per heavy atom. The monoisotopic (exact) mass is 159 g/mol. The molecule has 0 aliphatic heterocycles. The molecular weight excluding hydrogens is 146 g/mol. The van der Waals surface area contributed by atoms with Crippen molar-refractivity contribution in [1.29, 1.82) is 0 Å². The van der Waals surface area contributed by atoms with Crippen molar-refractivity contribution in [2.45, 2.75) is 19.4 Å². The fraction of sp³-hybridized carbons (Fsp3) is 0.273. The first kappa shape index (κ1) is 8.83. The van der Waals surface area contributed by atoms with E-state index in [-0.39, 0.29) is 6.04 Å². The Balaban J connectivity index is 2.67. The molecule has 1 aromatic carbocycles. The summed E-state index contributed by atoms with van der Waals surface area (Å²) in [6.45, 7) is 2.03. The van der Waals surface area contributed by atoms with E-state index in [0.717, 1.165) is 12.0 Å². The minimum atomic E-state index is 0.00482. The van der Waals surface area contributed by atoms with Gasteiger partial charge in [-0.1, -0.05) is 37.0 Å². The van der Waals surface area contributed by atoms with Gasteiger partial charge in [-0.25, -0.2) is 0 Å². The van der Waals surface area contributed by atoms with Crippen LogP contribution < -0.4 is 5.73 Å². The van der Waals surface area contributed by atoms with Crippen LogP contribution in [0.15, 0.2) is 30.3 Å². The van der Waals surface area contributed by atoms with Gasteiger partial charge < -0.3 is 5.73 Å². The number of hydrogen-bond donors (Lipinski definition) is 1. The van der Waals surface area contributed by atoms with Gasteiger partial charge in [0.15, 0.2) is 0 Å². The van der Waals surface area contributed by atoms with E-state index in [9.17, 15) is 0 Å². The van der Waals surface area contributed by atoms with Crippen molar-refractivity contribution in [1.82, 2.24) is 0 Å². The topological polar surface area (TPSA) is 26.0 Å². The van der Waals surface area contributed by atoms with Crippen molar-refractivity contribution in [2.75, 3.05) is 0 Å². The molecule has 0 bridgehead atoms. The van der Waals surface area contributed by atoms with E-state index in [1.54, 1.807) is 0 Å². The Morgan fingerprint density at radius 1 is 1.33 bits per heavy atom. The van der Waals surface area contributed by atoms with Crippen molar-refractivity contribution < 1.29 is 0 Å². The molecule has 0 aromatic heterocycles. The van der Waals surface area contributed by atoms with Crippen LogP contribution in [0.5, 0.6) is 0 Å². The summed E-state index contributed by atoms with van der Waals surface area (Å²) in [4.78, 5) is 0. The third-order valence-electron chi connectivity index (χ3n) is 1.62. The summed E-state index contributed by atoms with van der Waals surface area (Å²) < 4.78 is 0. The second-order valence-corrected chi connectivity index (χ2v) is 2.65. The van der Waals surface area contributed by atoms with E-state index in [1.807, 2.05) is 37.3 Å². The molecule has 1 aromatic rings. The quantitative estimate of drug-likeness (QED) is 0.621. The molecule has 0 aliphatic rings. The average Bonchev–Trinajstić information content (AvgIpc) is 2.16. The van der Waals surface area contributed by atoms with Gasteiger partial charge in [0.2, 0.25) is 0 Å². The van der Waals surface area contributed by atoms with Crippen molar-refractivity contribution in [3.8, 4) is 11.8 Å². The van der Waals surface area contributed by atoms with E-state index >= 15 is 0 Å². The highest BCUT2D eigenvalue weighted by atomic mass is 14.6. The van der Waals surface area contributed by atoms with Gasteiger partial charge in [0, 0.05) is 5.56 Å². The number of nitrogens with two attached hydrogens (primary N) is 1. The lowest BCUT2D eigenvalue weighted by Crippen LogP contribution is -2.15. The molecule has 0 fully saturated rings. The average molecular weight is 159 g/mol. The van der Waals surface area contributed by atoms with Gasteiger partial charge in [-0.05, 0) is 18.6 Å². The van der Waals surface area contributed by atoms with Gasteiger partial charge in [0.05, 0.1) is 6.04 Å². The number of benzene rings is 1.